The molecule has 3 fully saturated rings. The van der Waals surface area contributed by atoms with Crippen molar-refractivity contribution >= 4 is 11.8 Å². The van der Waals surface area contributed by atoms with Crippen LogP contribution in [0.1, 0.15) is 58.3 Å². The molecule has 1 aliphatic carbocycles. The highest BCUT2D eigenvalue weighted by Gasteiger charge is 2.50. The summed E-state index contributed by atoms with van der Waals surface area (Å²) in [5.74, 6) is 0.171. The first kappa shape index (κ1) is 13.1. The third-order valence-electron chi connectivity index (χ3n) is 5.44. The fourth-order valence-corrected chi connectivity index (χ4v) is 4.27. The van der Waals surface area contributed by atoms with Gasteiger partial charge in [-0.3, -0.25) is 14.5 Å². The molecule has 1 spiro atoms. The number of piperidine rings is 2. The van der Waals surface area contributed by atoms with Gasteiger partial charge in [-0.2, -0.15) is 0 Å². The molecule has 1 N–H and O–H groups in total. The molecule has 2 saturated heterocycles. The van der Waals surface area contributed by atoms with E-state index in [9.17, 15) is 9.59 Å². The fraction of sp³-hybridized carbons (Fsp3) is 0.867. The van der Waals surface area contributed by atoms with E-state index >= 15 is 0 Å². The zero-order valence-corrected chi connectivity index (χ0v) is 11.8. The van der Waals surface area contributed by atoms with Crippen LogP contribution in [-0.4, -0.2) is 35.3 Å². The van der Waals surface area contributed by atoms with Crippen molar-refractivity contribution in [3.63, 3.8) is 0 Å². The van der Waals surface area contributed by atoms with E-state index in [0.717, 1.165) is 38.8 Å². The minimum absolute atomic E-state index is 0.0218. The van der Waals surface area contributed by atoms with Gasteiger partial charge in [0, 0.05) is 12.8 Å². The Morgan fingerprint density at radius 3 is 2.00 bits per heavy atom. The van der Waals surface area contributed by atoms with Crippen LogP contribution < -0.4 is 5.32 Å². The SMILES string of the molecule is CC1(N2C(=O)CC3(CCCC3)CC2=O)CCNCC1. The second-order valence-electron chi connectivity index (χ2n) is 6.93. The maximum absolute atomic E-state index is 12.6. The highest BCUT2D eigenvalue weighted by molar-refractivity contribution is 5.99. The van der Waals surface area contributed by atoms with Crippen molar-refractivity contribution in [3.05, 3.63) is 0 Å². The minimum atomic E-state index is -0.250. The van der Waals surface area contributed by atoms with Crippen LogP contribution in [0.15, 0.2) is 0 Å². The molecule has 1 saturated carbocycles. The van der Waals surface area contributed by atoms with Crippen LogP contribution in [0.25, 0.3) is 0 Å². The standard InChI is InChI=1S/C15H24N2O2/c1-14(6-8-16-9-7-14)17-12(18)10-15(11-13(17)19)4-2-3-5-15/h16H,2-11H2,1H3. The van der Waals surface area contributed by atoms with Crippen LogP contribution >= 0.6 is 0 Å². The Morgan fingerprint density at radius 1 is 0.947 bits per heavy atom. The van der Waals surface area contributed by atoms with Gasteiger partial charge in [0.05, 0.1) is 5.54 Å². The second kappa shape index (κ2) is 4.58. The number of hydrogen-bond donors (Lipinski definition) is 1. The zero-order chi connectivity index (χ0) is 13.5. The lowest BCUT2D eigenvalue weighted by atomic mass is 9.74. The molecule has 3 rings (SSSR count). The number of rotatable bonds is 1. The monoisotopic (exact) mass is 264 g/mol. The summed E-state index contributed by atoms with van der Waals surface area (Å²) >= 11 is 0. The molecule has 2 aliphatic heterocycles. The number of carbonyl (C=O) groups excluding carboxylic acids is 2. The molecule has 2 heterocycles. The number of nitrogens with one attached hydrogen (secondary N) is 1. The summed E-state index contributed by atoms with van der Waals surface area (Å²) in [6.07, 6.45) is 7.47. The van der Waals surface area contributed by atoms with Crippen molar-refractivity contribution in [1.82, 2.24) is 10.2 Å². The van der Waals surface area contributed by atoms with E-state index in [1.54, 1.807) is 4.90 Å². The maximum Gasteiger partial charge on any atom is 0.230 e. The average Bonchev–Trinajstić information content (AvgIpc) is 2.76. The Morgan fingerprint density at radius 2 is 1.47 bits per heavy atom. The number of nitrogens with zero attached hydrogens (tertiary/aromatic N) is 1. The predicted molar refractivity (Wildman–Crippen MR) is 72.5 cm³/mol. The summed E-state index contributed by atoms with van der Waals surface area (Å²) in [6, 6.07) is 0. The molecule has 0 aromatic heterocycles. The normalized spacial score (nSPS) is 30.1. The molecule has 2 amide bonds. The summed E-state index contributed by atoms with van der Waals surface area (Å²) in [6.45, 7) is 3.88. The first-order valence-electron chi connectivity index (χ1n) is 7.61. The van der Waals surface area contributed by atoms with Gasteiger partial charge in [-0.15, -0.1) is 0 Å². The third-order valence-corrected chi connectivity index (χ3v) is 5.44. The van der Waals surface area contributed by atoms with E-state index in [4.69, 9.17) is 0 Å². The van der Waals surface area contributed by atoms with Crippen molar-refractivity contribution in [1.29, 1.82) is 0 Å². The van der Waals surface area contributed by atoms with Crippen LogP contribution in [0.4, 0.5) is 0 Å². The first-order chi connectivity index (χ1) is 9.05. The minimum Gasteiger partial charge on any atom is -0.317 e. The van der Waals surface area contributed by atoms with Gasteiger partial charge in [-0.05, 0) is 51.1 Å². The van der Waals surface area contributed by atoms with Crippen LogP contribution in [0.5, 0.6) is 0 Å². The van der Waals surface area contributed by atoms with Gasteiger partial charge in [0.1, 0.15) is 0 Å². The molecule has 3 aliphatic rings. The maximum atomic E-state index is 12.6. The molecule has 0 atom stereocenters. The lowest BCUT2D eigenvalue weighted by molar-refractivity contribution is -0.161. The van der Waals surface area contributed by atoms with Gasteiger partial charge < -0.3 is 5.32 Å². The lowest BCUT2D eigenvalue weighted by Crippen LogP contribution is -2.60. The van der Waals surface area contributed by atoms with Crippen molar-refractivity contribution < 1.29 is 9.59 Å². The van der Waals surface area contributed by atoms with E-state index < -0.39 is 0 Å². The van der Waals surface area contributed by atoms with Crippen molar-refractivity contribution in [2.24, 2.45) is 5.41 Å². The van der Waals surface area contributed by atoms with Crippen molar-refractivity contribution in [3.8, 4) is 0 Å². The third kappa shape index (κ3) is 2.20. The van der Waals surface area contributed by atoms with Crippen LogP contribution in [0, 0.1) is 5.41 Å². The highest BCUT2D eigenvalue weighted by Crippen LogP contribution is 2.48. The van der Waals surface area contributed by atoms with E-state index in [-0.39, 0.29) is 22.8 Å². The van der Waals surface area contributed by atoms with Crippen molar-refractivity contribution in [2.45, 2.75) is 63.8 Å². The van der Waals surface area contributed by atoms with Gasteiger partial charge >= 0.3 is 0 Å². The van der Waals surface area contributed by atoms with Crippen LogP contribution in [-0.2, 0) is 9.59 Å². The molecule has 0 radical (unpaired) electrons. The van der Waals surface area contributed by atoms with Crippen LogP contribution in [0.2, 0.25) is 0 Å². The topological polar surface area (TPSA) is 49.4 Å². The number of likely N-dealkylation sites (tertiary alicyclic amines) is 1. The van der Waals surface area contributed by atoms with E-state index in [1.165, 1.54) is 12.8 Å². The average molecular weight is 264 g/mol. The quantitative estimate of drug-likeness (QED) is 0.735. The molecule has 0 bridgehead atoms. The molecule has 4 nitrogen and oxygen atoms in total. The second-order valence-corrected chi connectivity index (χ2v) is 6.93. The number of carbonyl (C=O) groups is 2. The summed E-state index contributed by atoms with van der Waals surface area (Å²) < 4.78 is 0. The highest BCUT2D eigenvalue weighted by atomic mass is 16.2. The lowest BCUT2D eigenvalue weighted by Gasteiger charge is -2.48. The Kier molecular flexibility index (Phi) is 3.16. The number of imide groups is 1. The Balaban J connectivity index is 1.80. The fourth-order valence-electron chi connectivity index (χ4n) is 4.27. The molecule has 4 heteroatoms. The number of amides is 2. The smallest absolute Gasteiger partial charge is 0.230 e. The molecular formula is C15H24N2O2. The van der Waals surface area contributed by atoms with Gasteiger partial charge in [-0.1, -0.05) is 12.8 Å². The Labute approximate surface area is 114 Å². The van der Waals surface area contributed by atoms with E-state index in [0.29, 0.717) is 12.8 Å². The molecule has 0 unspecified atom stereocenters. The summed E-state index contributed by atoms with van der Waals surface area (Å²) in [4.78, 5) is 26.7. The van der Waals surface area contributed by atoms with E-state index in [2.05, 4.69) is 12.2 Å². The van der Waals surface area contributed by atoms with Crippen molar-refractivity contribution in [2.75, 3.05) is 13.1 Å². The Hall–Kier alpha value is -0.900. The first-order valence-corrected chi connectivity index (χ1v) is 7.61. The van der Waals surface area contributed by atoms with Gasteiger partial charge in [0.25, 0.3) is 0 Å². The molecular weight excluding hydrogens is 240 g/mol. The van der Waals surface area contributed by atoms with Gasteiger partial charge in [-0.25, -0.2) is 0 Å². The zero-order valence-electron chi connectivity index (χ0n) is 11.8. The molecule has 0 aromatic carbocycles. The largest absolute Gasteiger partial charge is 0.317 e. The molecule has 19 heavy (non-hydrogen) atoms. The van der Waals surface area contributed by atoms with Crippen LogP contribution in [0.3, 0.4) is 0 Å². The number of hydrogen-bond acceptors (Lipinski definition) is 3. The Bertz CT molecular complexity index is 373. The molecule has 0 aromatic rings. The summed E-state index contributed by atoms with van der Waals surface area (Å²) in [5.41, 5.74) is -0.229. The van der Waals surface area contributed by atoms with Gasteiger partial charge in [0.15, 0.2) is 0 Å². The molecule has 106 valence electrons. The summed E-state index contributed by atoms with van der Waals surface area (Å²) in [5, 5.41) is 3.31. The van der Waals surface area contributed by atoms with Gasteiger partial charge in [0.2, 0.25) is 11.8 Å². The summed E-state index contributed by atoms with van der Waals surface area (Å²) in [7, 11) is 0. The predicted octanol–water partition coefficient (Wildman–Crippen LogP) is 1.84. The van der Waals surface area contributed by atoms with E-state index in [1.807, 2.05) is 0 Å².